The second-order valence-corrected chi connectivity index (χ2v) is 10.2. The van der Waals surface area contributed by atoms with E-state index in [0.29, 0.717) is 34.3 Å². The van der Waals surface area contributed by atoms with Crippen molar-refractivity contribution in [3.63, 3.8) is 0 Å². The maximum Gasteiger partial charge on any atom is 0.338 e. The number of imide groups is 1. The van der Waals surface area contributed by atoms with Gasteiger partial charge in [-0.15, -0.1) is 0 Å². The lowest BCUT2D eigenvalue weighted by atomic mass is 9.63. The molecule has 1 aliphatic heterocycles. The first-order valence-corrected chi connectivity index (χ1v) is 12.1. The number of hydrogen-bond donors (Lipinski definition) is 1. The van der Waals surface area contributed by atoms with Crippen molar-refractivity contribution in [1.29, 1.82) is 0 Å². The van der Waals surface area contributed by atoms with Crippen LogP contribution in [0, 0.1) is 35.5 Å². The summed E-state index contributed by atoms with van der Waals surface area (Å²) >= 11 is 0. The number of benzene rings is 2. The number of anilines is 2. The Morgan fingerprint density at radius 3 is 2.14 bits per heavy atom. The van der Waals surface area contributed by atoms with E-state index in [1.165, 1.54) is 4.90 Å². The molecule has 0 unspecified atom stereocenters. The fraction of sp³-hybridized carbons (Fsp3) is 0.357. The van der Waals surface area contributed by atoms with Crippen LogP contribution < -0.4 is 10.2 Å². The van der Waals surface area contributed by atoms with Crippen LogP contribution in [-0.2, 0) is 14.3 Å². The van der Waals surface area contributed by atoms with Crippen LogP contribution in [0.2, 0.25) is 0 Å². The number of nitrogens with one attached hydrogen (secondary N) is 1. The Morgan fingerprint density at radius 2 is 1.54 bits per heavy atom. The minimum atomic E-state index is -0.424. The van der Waals surface area contributed by atoms with Crippen molar-refractivity contribution in [2.45, 2.75) is 26.4 Å². The van der Waals surface area contributed by atoms with Crippen molar-refractivity contribution in [3.05, 3.63) is 71.8 Å². The molecule has 7 nitrogen and oxygen atoms in total. The molecule has 2 aromatic carbocycles. The highest BCUT2D eigenvalue weighted by atomic mass is 16.5. The van der Waals surface area contributed by atoms with Crippen molar-refractivity contribution >= 4 is 35.1 Å². The molecule has 7 rings (SSSR count). The lowest BCUT2D eigenvalue weighted by Crippen LogP contribution is -2.40. The molecule has 0 aromatic heterocycles. The average molecular weight is 471 g/mol. The van der Waals surface area contributed by atoms with E-state index in [9.17, 15) is 19.2 Å². The topological polar surface area (TPSA) is 92.8 Å². The minimum absolute atomic E-state index is 0.147. The predicted molar refractivity (Wildman–Crippen MR) is 129 cm³/mol. The number of ether oxygens (including phenoxy) is 1. The molecule has 1 heterocycles. The summed E-state index contributed by atoms with van der Waals surface area (Å²) in [5, 5.41) is 2.80. The predicted octanol–water partition coefficient (Wildman–Crippen LogP) is 4.06. The smallest absolute Gasteiger partial charge is 0.338 e. The van der Waals surface area contributed by atoms with E-state index < -0.39 is 5.97 Å². The number of hydrogen-bond acceptors (Lipinski definition) is 5. The van der Waals surface area contributed by atoms with Crippen LogP contribution in [0.15, 0.2) is 60.7 Å². The fourth-order valence-corrected chi connectivity index (χ4v) is 6.17. The van der Waals surface area contributed by atoms with Gasteiger partial charge in [-0.05, 0) is 86.4 Å². The second kappa shape index (κ2) is 7.90. The molecule has 0 radical (unpaired) electrons. The summed E-state index contributed by atoms with van der Waals surface area (Å²) in [6, 6.07) is 13.1. The van der Waals surface area contributed by atoms with Crippen LogP contribution >= 0.6 is 0 Å². The van der Waals surface area contributed by atoms with Gasteiger partial charge >= 0.3 is 5.97 Å². The van der Waals surface area contributed by atoms with Crippen molar-refractivity contribution in [1.82, 2.24) is 0 Å². The molecule has 2 aromatic rings. The standard InChI is InChI=1S/C28H26N2O5/c1-14(2)35-28(34)15-6-8-17(9-7-15)29-25(31)16-4-3-5-18(12-16)30-26(32)23-19-10-11-20(22-13-21(19)22)24(23)27(30)33/h3-12,14,19-24H,13H2,1-2H3,(H,29,31)/t19-,20-,21-,22-,23-,24+/m0/s1. The largest absolute Gasteiger partial charge is 0.459 e. The molecule has 35 heavy (non-hydrogen) atoms. The van der Waals surface area contributed by atoms with Crippen LogP contribution in [0.4, 0.5) is 11.4 Å². The molecule has 3 amide bonds. The number of amides is 3. The third-order valence-corrected chi connectivity index (χ3v) is 7.75. The number of allylic oxidation sites excluding steroid dienone is 2. The zero-order valence-electron chi connectivity index (χ0n) is 19.5. The summed E-state index contributed by atoms with van der Waals surface area (Å²) in [5.41, 5.74) is 1.68. The van der Waals surface area contributed by atoms with E-state index in [4.69, 9.17) is 4.74 Å². The molecule has 1 saturated heterocycles. The first-order valence-electron chi connectivity index (χ1n) is 12.1. The molecule has 0 spiro atoms. The SMILES string of the molecule is CC(C)OC(=O)c1ccc(NC(=O)c2cccc(N3C(=O)[C@@H]4[C@H]5C=C[C@@H]([C@@H]6C[C@@H]56)[C@@H]4C3=O)c2)cc1. The maximum atomic E-state index is 13.4. The van der Waals surface area contributed by atoms with Gasteiger partial charge in [-0.25, -0.2) is 9.69 Å². The second-order valence-electron chi connectivity index (χ2n) is 10.2. The highest BCUT2D eigenvalue weighted by Gasteiger charge is 2.67. The number of esters is 1. The van der Waals surface area contributed by atoms with Gasteiger partial charge < -0.3 is 10.1 Å². The molecule has 3 fully saturated rings. The highest BCUT2D eigenvalue weighted by Crippen LogP contribution is 2.65. The van der Waals surface area contributed by atoms with Crippen LogP contribution in [0.5, 0.6) is 0 Å². The molecule has 6 atom stereocenters. The molecule has 5 aliphatic rings. The van der Waals surface area contributed by atoms with E-state index in [-0.39, 0.29) is 47.5 Å². The summed E-state index contributed by atoms with van der Waals surface area (Å²) in [7, 11) is 0. The highest BCUT2D eigenvalue weighted by molar-refractivity contribution is 6.23. The van der Waals surface area contributed by atoms with Gasteiger partial charge in [0.05, 0.1) is 29.2 Å². The monoisotopic (exact) mass is 470 g/mol. The lowest BCUT2D eigenvalue weighted by Gasteiger charge is -2.37. The van der Waals surface area contributed by atoms with Crippen LogP contribution in [0.3, 0.4) is 0 Å². The number of carbonyl (C=O) groups is 4. The third-order valence-electron chi connectivity index (χ3n) is 7.75. The summed E-state index contributed by atoms with van der Waals surface area (Å²) in [5.74, 6) is -0.253. The van der Waals surface area contributed by atoms with Crippen molar-refractivity contribution in [3.8, 4) is 0 Å². The average Bonchev–Trinajstić information content (AvgIpc) is 3.62. The quantitative estimate of drug-likeness (QED) is 0.404. The number of carbonyl (C=O) groups excluding carboxylic acids is 4. The molecule has 1 N–H and O–H groups in total. The Hall–Kier alpha value is -3.74. The molecule has 2 saturated carbocycles. The molecular weight excluding hydrogens is 444 g/mol. The Kier molecular flexibility index (Phi) is 4.91. The van der Waals surface area contributed by atoms with Crippen molar-refractivity contribution in [2.24, 2.45) is 35.5 Å². The normalized spacial score (nSPS) is 29.7. The maximum absolute atomic E-state index is 13.4. The van der Waals surface area contributed by atoms with Gasteiger partial charge in [0, 0.05) is 11.3 Å². The summed E-state index contributed by atoms with van der Waals surface area (Å²) in [4.78, 5) is 53.0. The first kappa shape index (κ1) is 21.8. The van der Waals surface area contributed by atoms with Gasteiger partial charge in [-0.3, -0.25) is 14.4 Å². The zero-order chi connectivity index (χ0) is 24.4. The molecule has 2 bridgehead atoms. The van der Waals surface area contributed by atoms with E-state index >= 15 is 0 Å². The van der Waals surface area contributed by atoms with Crippen molar-refractivity contribution in [2.75, 3.05) is 10.2 Å². The van der Waals surface area contributed by atoms with Gasteiger partial charge in [0.15, 0.2) is 0 Å². The summed E-state index contributed by atoms with van der Waals surface area (Å²) < 4.78 is 5.18. The Morgan fingerprint density at radius 1 is 0.914 bits per heavy atom. The minimum Gasteiger partial charge on any atom is -0.459 e. The van der Waals surface area contributed by atoms with E-state index in [1.54, 1.807) is 62.4 Å². The zero-order valence-corrected chi connectivity index (χ0v) is 19.5. The third kappa shape index (κ3) is 3.49. The Balaban J connectivity index is 1.19. The fourth-order valence-electron chi connectivity index (χ4n) is 6.17. The van der Waals surface area contributed by atoms with Gasteiger partial charge in [0.1, 0.15) is 0 Å². The lowest BCUT2D eigenvalue weighted by molar-refractivity contribution is -0.124. The van der Waals surface area contributed by atoms with E-state index in [2.05, 4.69) is 17.5 Å². The summed E-state index contributed by atoms with van der Waals surface area (Å²) in [6.07, 6.45) is 5.19. The molecule has 178 valence electrons. The Bertz CT molecular complexity index is 1240. The van der Waals surface area contributed by atoms with Gasteiger partial charge in [-0.2, -0.15) is 0 Å². The van der Waals surface area contributed by atoms with E-state index in [1.807, 2.05) is 0 Å². The van der Waals surface area contributed by atoms with Gasteiger partial charge in [0.25, 0.3) is 5.91 Å². The molecular formula is C28H26N2O5. The van der Waals surface area contributed by atoms with Crippen molar-refractivity contribution < 1.29 is 23.9 Å². The van der Waals surface area contributed by atoms with Gasteiger partial charge in [0.2, 0.25) is 11.8 Å². The van der Waals surface area contributed by atoms with E-state index in [0.717, 1.165) is 6.42 Å². The molecule has 4 aliphatic carbocycles. The van der Waals surface area contributed by atoms with Crippen LogP contribution in [-0.4, -0.2) is 29.8 Å². The number of nitrogens with zero attached hydrogens (tertiary/aromatic N) is 1. The summed E-state index contributed by atoms with van der Waals surface area (Å²) in [6.45, 7) is 3.56. The Labute approximate surface area is 203 Å². The number of rotatable bonds is 5. The van der Waals surface area contributed by atoms with Crippen LogP contribution in [0.1, 0.15) is 41.0 Å². The van der Waals surface area contributed by atoms with Crippen LogP contribution in [0.25, 0.3) is 0 Å². The van der Waals surface area contributed by atoms with Gasteiger partial charge in [-0.1, -0.05) is 18.2 Å². The molecule has 7 heteroatoms. The first-order chi connectivity index (χ1) is 16.8.